The first-order chi connectivity index (χ1) is 10.6. The van der Waals surface area contributed by atoms with Gasteiger partial charge in [-0.3, -0.25) is 9.98 Å². The van der Waals surface area contributed by atoms with Crippen molar-refractivity contribution in [3.8, 4) is 0 Å². The molecule has 2 heteroatoms. The van der Waals surface area contributed by atoms with Crippen molar-refractivity contribution in [1.82, 2.24) is 4.98 Å². The van der Waals surface area contributed by atoms with Crippen molar-refractivity contribution in [3.63, 3.8) is 0 Å². The van der Waals surface area contributed by atoms with Crippen LogP contribution in [0.4, 0.5) is 5.69 Å². The Balaban J connectivity index is 1.85. The topological polar surface area (TPSA) is 25.2 Å². The SMILES string of the molecule is Cc1cc(C)c(N=Cc2cccc(C3CCCC3)n2)c(C)c1. The number of aliphatic imine (C=N–C) groups is 1. The van der Waals surface area contributed by atoms with Gasteiger partial charge in [-0.15, -0.1) is 0 Å². The molecule has 0 N–H and O–H groups in total. The van der Waals surface area contributed by atoms with E-state index in [0.29, 0.717) is 5.92 Å². The van der Waals surface area contributed by atoms with Gasteiger partial charge in [-0.05, 0) is 56.9 Å². The Morgan fingerprint density at radius 1 is 1.05 bits per heavy atom. The van der Waals surface area contributed by atoms with Gasteiger partial charge < -0.3 is 0 Å². The van der Waals surface area contributed by atoms with Crippen LogP contribution < -0.4 is 0 Å². The third kappa shape index (κ3) is 3.27. The lowest BCUT2D eigenvalue weighted by atomic mass is 10.0. The summed E-state index contributed by atoms with van der Waals surface area (Å²) in [7, 11) is 0. The van der Waals surface area contributed by atoms with Crippen molar-refractivity contribution < 1.29 is 0 Å². The van der Waals surface area contributed by atoms with Crippen LogP contribution in [0, 0.1) is 20.8 Å². The summed E-state index contributed by atoms with van der Waals surface area (Å²) < 4.78 is 0. The van der Waals surface area contributed by atoms with E-state index in [1.54, 1.807) is 0 Å². The molecule has 0 amide bonds. The number of hydrogen-bond acceptors (Lipinski definition) is 2. The van der Waals surface area contributed by atoms with Crippen LogP contribution in [-0.2, 0) is 0 Å². The van der Waals surface area contributed by atoms with Gasteiger partial charge in [0.05, 0.1) is 17.6 Å². The van der Waals surface area contributed by atoms with Crippen molar-refractivity contribution >= 4 is 11.9 Å². The van der Waals surface area contributed by atoms with Gasteiger partial charge in [-0.25, -0.2) is 0 Å². The lowest BCUT2D eigenvalue weighted by Gasteiger charge is -2.09. The second kappa shape index (κ2) is 6.43. The van der Waals surface area contributed by atoms with Gasteiger partial charge >= 0.3 is 0 Å². The Kier molecular flexibility index (Phi) is 4.37. The van der Waals surface area contributed by atoms with Crippen molar-refractivity contribution in [2.75, 3.05) is 0 Å². The van der Waals surface area contributed by atoms with E-state index in [1.807, 2.05) is 12.3 Å². The van der Waals surface area contributed by atoms with Gasteiger partial charge in [0.25, 0.3) is 0 Å². The second-order valence-electron chi connectivity index (χ2n) is 6.47. The molecule has 0 atom stereocenters. The first-order valence-electron chi connectivity index (χ1n) is 8.22. The van der Waals surface area contributed by atoms with Gasteiger partial charge in [0.1, 0.15) is 0 Å². The zero-order valence-corrected chi connectivity index (χ0v) is 13.8. The number of pyridine rings is 1. The standard InChI is InChI=1S/C20H24N2/c1-14-11-15(2)20(16(3)12-14)21-13-18-9-6-10-19(22-18)17-7-4-5-8-17/h6,9-13,17H,4-5,7-8H2,1-3H3. The molecule has 1 aromatic carbocycles. The minimum Gasteiger partial charge on any atom is -0.254 e. The van der Waals surface area contributed by atoms with Crippen molar-refractivity contribution in [2.24, 2.45) is 4.99 Å². The molecule has 0 saturated heterocycles. The smallest absolute Gasteiger partial charge is 0.0815 e. The van der Waals surface area contributed by atoms with E-state index in [1.165, 1.54) is 48.1 Å². The van der Waals surface area contributed by atoms with Crippen LogP contribution in [0.3, 0.4) is 0 Å². The lowest BCUT2D eigenvalue weighted by molar-refractivity contribution is 0.697. The van der Waals surface area contributed by atoms with E-state index in [4.69, 9.17) is 9.98 Å². The summed E-state index contributed by atoms with van der Waals surface area (Å²) in [5.74, 6) is 0.649. The van der Waals surface area contributed by atoms with Crippen LogP contribution in [0.25, 0.3) is 0 Å². The molecule has 0 aliphatic heterocycles. The maximum atomic E-state index is 4.80. The summed E-state index contributed by atoms with van der Waals surface area (Å²) in [6.45, 7) is 6.37. The van der Waals surface area contributed by atoms with E-state index in [2.05, 4.69) is 45.0 Å². The summed E-state index contributed by atoms with van der Waals surface area (Å²) in [5, 5.41) is 0. The summed E-state index contributed by atoms with van der Waals surface area (Å²) in [6, 6.07) is 10.7. The average Bonchev–Trinajstić information content (AvgIpc) is 3.00. The number of hydrogen-bond donors (Lipinski definition) is 0. The molecule has 1 fully saturated rings. The molecule has 2 aromatic rings. The molecule has 0 unspecified atom stereocenters. The third-order valence-electron chi connectivity index (χ3n) is 4.53. The zero-order chi connectivity index (χ0) is 15.5. The second-order valence-corrected chi connectivity index (χ2v) is 6.47. The fraction of sp³-hybridized carbons (Fsp3) is 0.400. The first-order valence-corrected chi connectivity index (χ1v) is 8.22. The van der Waals surface area contributed by atoms with Crippen molar-refractivity contribution in [3.05, 3.63) is 58.4 Å². The Morgan fingerprint density at radius 3 is 2.41 bits per heavy atom. The summed E-state index contributed by atoms with van der Waals surface area (Å²) in [4.78, 5) is 9.49. The molecule has 0 spiro atoms. The molecule has 0 bridgehead atoms. The first kappa shape index (κ1) is 15.0. The quantitative estimate of drug-likeness (QED) is 0.694. The van der Waals surface area contributed by atoms with E-state index in [0.717, 1.165) is 11.4 Å². The summed E-state index contributed by atoms with van der Waals surface area (Å²) in [5.41, 5.74) is 7.00. The highest BCUT2D eigenvalue weighted by Crippen LogP contribution is 2.32. The van der Waals surface area contributed by atoms with Gasteiger partial charge in [0.2, 0.25) is 0 Å². The average molecular weight is 292 g/mol. The maximum absolute atomic E-state index is 4.80. The maximum Gasteiger partial charge on any atom is 0.0815 e. The molecule has 22 heavy (non-hydrogen) atoms. The normalized spacial score (nSPS) is 15.8. The fourth-order valence-electron chi connectivity index (χ4n) is 3.50. The predicted molar refractivity (Wildman–Crippen MR) is 93.4 cm³/mol. The Morgan fingerprint density at radius 2 is 1.73 bits per heavy atom. The Labute approximate surface area is 133 Å². The molecular weight excluding hydrogens is 268 g/mol. The Hall–Kier alpha value is -1.96. The minimum absolute atomic E-state index is 0.649. The summed E-state index contributed by atoms with van der Waals surface area (Å²) in [6.07, 6.45) is 7.15. The van der Waals surface area contributed by atoms with Crippen LogP contribution in [0.2, 0.25) is 0 Å². The molecule has 114 valence electrons. The van der Waals surface area contributed by atoms with E-state index in [9.17, 15) is 0 Å². The number of benzene rings is 1. The lowest BCUT2D eigenvalue weighted by Crippen LogP contribution is -1.99. The highest BCUT2D eigenvalue weighted by atomic mass is 14.8. The summed E-state index contributed by atoms with van der Waals surface area (Å²) >= 11 is 0. The van der Waals surface area contributed by atoms with Gasteiger partial charge in [0.15, 0.2) is 0 Å². The zero-order valence-electron chi connectivity index (χ0n) is 13.8. The molecule has 3 rings (SSSR count). The van der Waals surface area contributed by atoms with Gasteiger partial charge in [0, 0.05) is 11.6 Å². The van der Waals surface area contributed by atoms with Crippen LogP contribution in [0.1, 0.15) is 59.7 Å². The molecule has 1 heterocycles. The van der Waals surface area contributed by atoms with E-state index in [-0.39, 0.29) is 0 Å². The number of aryl methyl sites for hydroxylation is 3. The third-order valence-corrected chi connectivity index (χ3v) is 4.53. The fourth-order valence-corrected chi connectivity index (χ4v) is 3.50. The molecule has 1 aliphatic carbocycles. The molecule has 1 aliphatic rings. The highest BCUT2D eigenvalue weighted by Gasteiger charge is 2.18. The minimum atomic E-state index is 0.649. The largest absolute Gasteiger partial charge is 0.254 e. The van der Waals surface area contributed by atoms with Crippen LogP contribution in [0.5, 0.6) is 0 Å². The highest BCUT2D eigenvalue weighted by molar-refractivity contribution is 5.80. The number of aromatic nitrogens is 1. The molecule has 2 nitrogen and oxygen atoms in total. The van der Waals surface area contributed by atoms with Gasteiger partial charge in [-0.1, -0.05) is 36.6 Å². The molecule has 0 radical (unpaired) electrons. The van der Waals surface area contributed by atoms with Crippen molar-refractivity contribution in [1.29, 1.82) is 0 Å². The van der Waals surface area contributed by atoms with Crippen LogP contribution in [-0.4, -0.2) is 11.2 Å². The number of rotatable bonds is 3. The predicted octanol–water partition coefficient (Wildman–Crippen LogP) is 5.42. The van der Waals surface area contributed by atoms with E-state index >= 15 is 0 Å². The monoisotopic (exact) mass is 292 g/mol. The Bertz CT molecular complexity index is 672. The van der Waals surface area contributed by atoms with Crippen LogP contribution >= 0.6 is 0 Å². The molecule has 1 aromatic heterocycles. The van der Waals surface area contributed by atoms with Crippen molar-refractivity contribution in [2.45, 2.75) is 52.4 Å². The van der Waals surface area contributed by atoms with Crippen LogP contribution in [0.15, 0.2) is 35.3 Å². The number of nitrogens with zero attached hydrogens (tertiary/aromatic N) is 2. The molecular formula is C20H24N2. The van der Waals surface area contributed by atoms with E-state index < -0.39 is 0 Å². The molecule has 1 saturated carbocycles. The van der Waals surface area contributed by atoms with Gasteiger partial charge in [-0.2, -0.15) is 0 Å².